The zero-order valence-electron chi connectivity index (χ0n) is 18.7. The van der Waals surface area contributed by atoms with Crippen molar-refractivity contribution in [2.45, 2.75) is 45.5 Å². The minimum atomic E-state index is -1.00. The van der Waals surface area contributed by atoms with Crippen LogP contribution in [0.15, 0.2) is 64.6 Å². The molecule has 0 fully saturated rings. The van der Waals surface area contributed by atoms with Gasteiger partial charge in [0.1, 0.15) is 23.2 Å². The third-order valence-corrected chi connectivity index (χ3v) is 5.38. The van der Waals surface area contributed by atoms with Crippen molar-refractivity contribution in [1.82, 2.24) is 10.2 Å². The molecule has 2 amide bonds. The average Bonchev–Trinajstić information content (AvgIpc) is 3.44. The second kappa shape index (κ2) is 10.4. The van der Waals surface area contributed by atoms with Crippen LogP contribution in [0.3, 0.4) is 0 Å². The second-order valence-electron chi connectivity index (χ2n) is 8.17. The number of alkyl carbamates (subject to hydrolysis) is 1. The van der Waals surface area contributed by atoms with Gasteiger partial charge in [-0.2, -0.15) is 0 Å². The molecule has 1 N–H and O–H groups in total. The summed E-state index contributed by atoms with van der Waals surface area (Å²) in [7, 11) is 1.53. The van der Waals surface area contributed by atoms with E-state index in [1.165, 1.54) is 7.11 Å². The van der Waals surface area contributed by atoms with Gasteiger partial charge in [0.05, 0.1) is 26.5 Å². The highest BCUT2D eigenvalue weighted by Gasteiger charge is 2.32. The summed E-state index contributed by atoms with van der Waals surface area (Å²) < 4.78 is 16.4. The third kappa shape index (κ3) is 6.37. The Morgan fingerprint density at radius 2 is 1.88 bits per heavy atom. The van der Waals surface area contributed by atoms with E-state index in [0.29, 0.717) is 23.6 Å². The Morgan fingerprint density at radius 3 is 2.50 bits per heavy atom. The van der Waals surface area contributed by atoms with Crippen LogP contribution in [0, 0.1) is 0 Å². The molecule has 0 saturated carbocycles. The van der Waals surface area contributed by atoms with Gasteiger partial charge in [0.2, 0.25) is 0 Å². The van der Waals surface area contributed by atoms with Gasteiger partial charge in [-0.3, -0.25) is 4.79 Å². The average molecular weight is 457 g/mol. The molecule has 0 bridgehead atoms. The lowest BCUT2D eigenvalue weighted by Crippen LogP contribution is -2.44. The van der Waals surface area contributed by atoms with E-state index in [-0.39, 0.29) is 12.5 Å². The maximum absolute atomic E-state index is 13.8. The number of ether oxygens (including phenoxy) is 2. The third-order valence-electron chi connectivity index (χ3n) is 4.52. The quantitative estimate of drug-likeness (QED) is 0.507. The molecule has 7 nitrogen and oxygen atoms in total. The molecule has 2 aromatic heterocycles. The first kappa shape index (κ1) is 23.4. The monoisotopic (exact) mass is 456 g/mol. The van der Waals surface area contributed by atoms with Crippen LogP contribution < -0.4 is 10.1 Å². The van der Waals surface area contributed by atoms with Gasteiger partial charge in [0, 0.05) is 10.4 Å². The van der Waals surface area contributed by atoms with Crippen LogP contribution in [0.2, 0.25) is 0 Å². The van der Waals surface area contributed by atoms with Crippen LogP contribution in [0.1, 0.15) is 43.0 Å². The van der Waals surface area contributed by atoms with Crippen molar-refractivity contribution in [3.8, 4) is 5.75 Å². The Hall–Kier alpha value is -3.26. The molecule has 2 heterocycles. The van der Waals surface area contributed by atoms with Crippen molar-refractivity contribution >= 4 is 23.3 Å². The lowest BCUT2D eigenvalue weighted by Gasteiger charge is -2.29. The Bertz CT molecular complexity index is 973. The second-order valence-corrected chi connectivity index (χ2v) is 9.21. The van der Waals surface area contributed by atoms with Crippen LogP contribution in [0.4, 0.5) is 4.79 Å². The number of hydrogen-bond donors (Lipinski definition) is 1. The minimum absolute atomic E-state index is 0.255. The maximum Gasteiger partial charge on any atom is 0.408 e. The standard InChI is InChI=1S/C24H28N2O5S/c1-24(2,3)31-23(28)25-21(19-11-5-6-12-20(19)29-4)22(27)26(15-17-9-7-13-30-17)16-18-10-8-14-32-18/h5-14,21H,15-16H2,1-4H3,(H,25,28)/t21-/m1/s1. The van der Waals surface area contributed by atoms with Crippen LogP contribution in [-0.2, 0) is 22.6 Å². The lowest BCUT2D eigenvalue weighted by molar-refractivity contribution is -0.135. The molecule has 0 saturated heterocycles. The number of thiophene rings is 1. The van der Waals surface area contributed by atoms with E-state index >= 15 is 0 Å². The largest absolute Gasteiger partial charge is 0.496 e. The molecule has 0 aliphatic carbocycles. The summed E-state index contributed by atoms with van der Waals surface area (Å²) in [6.07, 6.45) is 0.885. The Balaban J connectivity index is 1.95. The summed E-state index contributed by atoms with van der Waals surface area (Å²) in [6, 6.07) is 13.6. The number of benzene rings is 1. The first-order valence-corrected chi connectivity index (χ1v) is 11.1. The van der Waals surface area contributed by atoms with Crippen molar-refractivity contribution in [1.29, 1.82) is 0 Å². The summed E-state index contributed by atoms with van der Waals surface area (Å²) >= 11 is 1.56. The van der Waals surface area contributed by atoms with Crippen molar-refractivity contribution in [3.05, 3.63) is 76.4 Å². The molecule has 32 heavy (non-hydrogen) atoms. The predicted octanol–water partition coefficient (Wildman–Crippen LogP) is 5.14. The van der Waals surface area contributed by atoms with E-state index in [1.807, 2.05) is 29.6 Å². The van der Waals surface area contributed by atoms with Crippen LogP contribution in [0.25, 0.3) is 0 Å². The zero-order chi connectivity index (χ0) is 23.1. The van der Waals surface area contributed by atoms with Crippen molar-refractivity contribution in [2.24, 2.45) is 0 Å². The highest BCUT2D eigenvalue weighted by atomic mass is 32.1. The van der Waals surface area contributed by atoms with Gasteiger partial charge in [0.15, 0.2) is 0 Å². The molecular formula is C24H28N2O5S. The van der Waals surface area contributed by atoms with Gasteiger partial charge in [0.25, 0.3) is 5.91 Å². The van der Waals surface area contributed by atoms with Crippen molar-refractivity contribution in [3.63, 3.8) is 0 Å². The molecule has 3 aromatic rings. The molecule has 1 aromatic carbocycles. The van der Waals surface area contributed by atoms with E-state index in [9.17, 15) is 9.59 Å². The molecule has 3 rings (SSSR count). The zero-order valence-corrected chi connectivity index (χ0v) is 19.5. The molecule has 0 spiro atoms. The van der Waals surface area contributed by atoms with E-state index < -0.39 is 17.7 Å². The first-order chi connectivity index (χ1) is 15.3. The van der Waals surface area contributed by atoms with Gasteiger partial charge >= 0.3 is 6.09 Å². The molecule has 8 heteroatoms. The first-order valence-electron chi connectivity index (χ1n) is 10.2. The molecule has 0 unspecified atom stereocenters. The fraction of sp³-hybridized carbons (Fsp3) is 0.333. The summed E-state index contributed by atoms with van der Waals surface area (Å²) in [5.41, 5.74) is -0.162. The Morgan fingerprint density at radius 1 is 1.09 bits per heavy atom. The lowest BCUT2D eigenvalue weighted by atomic mass is 10.0. The number of furan rings is 1. The van der Waals surface area contributed by atoms with E-state index in [4.69, 9.17) is 13.9 Å². The highest BCUT2D eigenvalue weighted by Crippen LogP contribution is 2.28. The van der Waals surface area contributed by atoms with Gasteiger partial charge in [-0.05, 0) is 50.4 Å². The van der Waals surface area contributed by atoms with Gasteiger partial charge in [-0.1, -0.05) is 24.3 Å². The fourth-order valence-corrected chi connectivity index (χ4v) is 3.90. The molecule has 0 aliphatic rings. The maximum atomic E-state index is 13.8. The molecule has 0 radical (unpaired) electrons. The van der Waals surface area contributed by atoms with Gasteiger partial charge in [-0.15, -0.1) is 11.3 Å². The number of para-hydroxylation sites is 1. The van der Waals surface area contributed by atoms with Crippen molar-refractivity contribution < 1.29 is 23.5 Å². The number of rotatable bonds is 8. The normalized spacial score (nSPS) is 12.1. The number of carbonyl (C=O) groups is 2. The van der Waals surface area contributed by atoms with E-state index in [2.05, 4.69) is 5.32 Å². The van der Waals surface area contributed by atoms with E-state index in [0.717, 1.165) is 4.88 Å². The highest BCUT2D eigenvalue weighted by molar-refractivity contribution is 7.09. The number of methoxy groups -OCH3 is 1. The van der Waals surface area contributed by atoms with E-state index in [1.54, 1.807) is 67.5 Å². The number of nitrogens with one attached hydrogen (secondary N) is 1. The van der Waals surface area contributed by atoms with Crippen LogP contribution in [0.5, 0.6) is 5.75 Å². The van der Waals surface area contributed by atoms with Crippen LogP contribution in [-0.4, -0.2) is 29.6 Å². The van der Waals surface area contributed by atoms with Gasteiger partial charge < -0.3 is 24.1 Å². The summed E-state index contributed by atoms with van der Waals surface area (Å²) in [5, 5.41) is 4.70. The Labute approximate surface area is 191 Å². The smallest absolute Gasteiger partial charge is 0.408 e. The number of hydrogen-bond acceptors (Lipinski definition) is 6. The number of carbonyl (C=O) groups excluding carboxylic acids is 2. The SMILES string of the molecule is COc1ccccc1[C@@H](NC(=O)OC(C)(C)C)C(=O)N(Cc1ccco1)Cc1cccs1. The van der Waals surface area contributed by atoms with Crippen LogP contribution >= 0.6 is 11.3 Å². The van der Waals surface area contributed by atoms with Gasteiger partial charge in [-0.25, -0.2) is 4.79 Å². The Kier molecular flexibility index (Phi) is 7.58. The minimum Gasteiger partial charge on any atom is -0.496 e. The summed E-state index contributed by atoms with van der Waals surface area (Å²) in [6.45, 7) is 5.94. The predicted molar refractivity (Wildman–Crippen MR) is 122 cm³/mol. The fourth-order valence-electron chi connectivity index (χ4n) is 3.18. The molecular weight excluding hydrogens is 428 g/mol. The molecule has 0 aliphatic heterocycles. The topological polar surface area (TPSA) is 81.0 Å². The molecule has 170 valence electrons. The molecule has 1 atom stereocenters. The number of amides is 2. The summed E-state index contributed by atoms with van der Waals surface area (Å²) in [4.78, 5) is 29.1. The summed E-state index contributed by atoms with van der Waals surface area (Å²) in [5.74, 6) is 0.840. The number of nitrogens with zero attached hydrogens (tertiary/aromatic N) is 1. The van der Waals surface area contributed by atoms with Crippen molar-refractivity contribution in [2.75, 3.05) is 7.11 Å².